The van der Waals surface area contributed by atoms with Gasteiger partial charge >= 0.3 is 0 Å². The highest BCUT2D eigenvalue weighted by atomic mass is 16.1. The summed E-state index contributed by atoms with van der Waals surface area (Å²) < 4.78 is 1.86. The number of benzene rings is 1. The van der Waals surface area contributed by atoms with Gasteiger partial charge in [-0.1, -0.05) is 36.8 Å². The first-order valence-electron chi connectivity index (χ1n) is 9.78. The van der Waals surface area contributed by atoms with Gasteiger partial charge in [-0.15, -0.1) is 0 Å². The molecule has 0 bridgehead atoms. The molecule has 2 aliphatic carbocycles. The molecule has 1 aromatic heterocycles. The van der Waals surface area contributed by atoms with Crippen LogP contribution in [0.3, 0.4) is 0 Å². The smallest absolute Gasteiger partial charge is 0.222 e. The third kappa shape index (κ3) is 3.04. The zero-order valence-electron chi connectivity index (χ0n) is 15.9. The highest BCUT2D eigenvalue weighted by Gasteiger charge is 2.53. The lowest BCUT2D eigenvalue weighted by atomic mass is 9.60. The second-order valence-corrected chi connectivity index (χ2v) is 7.99. The van der Waals surface area contributed by atoms with Crippen molar-refractivity contribution in [2.24, 2.45) is 11.8 Å². The van der Waals surface area contributed by atoms with Gasteiger partial charge in [0, 0.05) is 18.4 Å². The number of rotatable bonds is 5. The summed E-state index contributed by atoms with van der Waals surface area (Å²) in [6.07, 6.45) is 4.28. The summed E-state index contributed by atoms with van der Waals surface area (Å²) in [4.78, 5) is 17.1. The molecule has 4 rings (SSSR count). The molecule has 5 heteroatoms. The van der Waals surface area contributed by atoms with E-state index < -0.39 is 0 Å². The third-order valence-corrected chi connectivity index (χ3v) is 6.25. The summed E-state index contributed by atoms with van der Waals surface area (Å²) in [7, 11) is 0. The minimum absolute atomic E-state index is 0.0193. The fourth-order valence-corrected chi connectivity index (χ4v) is 5.18. The van der Waals surface area contributed by atoms with E-state index in [2.05, 4.69) is 45.7 Å². The summed E-state index contributed by atoms with van der Waals surface area (Å²) in [6.45, 7) is 5.86. The van der Waals surface area contributed by atoms with E-state index in [0.29, 0.717) is 18.3 Å². The number of hydrogen-bond donors (Lipinski definition) is 1. The van der Waals surface area contributed by atoms with Crippen LogP contribution in [0.25, 0.3) is 0 Å². The fourth-order valence-electron chi connectivity index (χ4n) is 5.18. The van der Waals surface area contributed by atoms with Crippen molar-refractivity contribution in [3.8, 4) is 0 Å². The zero-order valence-corrected chi connectivity index (χ0v) is 15.9. The Hall–Kier alpha value is -2.17. The Morgan fingerprint density at radius 2 is 1.96 bits per heavy atom. The monoisotopic (exact) mass is 352 g/mol. The zero-order chi connectivity index (χ0) is 18.3. The second-order valence-electron chi connectivity index (χ2n) is 7.99. The largest absolute Gasteiger partial charge is 0.352 e. The molecule has 2 fully saturated rings. The number of carbonyl (C=O) groups excluding carboxylic acids is 1. The van der Waals surface area contributed by atoms with Crippen molar-refractivity contribution in [1.82, 2.24) is 20.1 Å². The van der Waals surface area contributed by atoms with E-state index in [-0.39, 0.29) is 18.0 Å². The van der Waals surface area contributed by atoms with Crippen LogP contribution in [0.1, 0.15) is 61.8 Å². The van der Waals surface area contributed by atoms with Crippen LogP contribution in [0.15, 0.2) is 30.3 Å². The maximum atomic E-state index is 12.7. The van der Waals surface area contributed by atoms with Crippen molar-refractivity contribution in [3.63, 3.8) is 0 Å². The number of carbonyl (C=O) groups is 1. The predicted molar refractivity (Wildman–Crippen MR) is 101 cm³/mol. The van der Waals surface area contributed by atoms with E-state index in [9.17, 15) is 4.79 Å². The molecule has 2 saturated carbocycles. The fraction of sp³-hybridized carbons (Fsp3) is 0.571. The number of aryl methyl sites for hydroxylation is 2. The minimum Gasteiger partial charge on any atom is -0.352 e. The van der Waals surface area contributed by atoms with E-state index in [1.807, 2.05) is 25.5 Å². The van der Waals surface area contributed by atoms with Crippen molar-refractivity contribution in [2.45, 2.75) is 64.5 Å². The molecule has 1 heterocycles. The van der Waals surface area contributed by atoms with E-state index >= 15 is 0 Å². The van der Waals surface area contributed by atoms with Gasteiger partial charge in [0.25, 0.3) is 0 Å². The normalized spacial score (nSPS) is 28.3. The van der Waals surface area contributed by atoms with Crippen LogP contribution in [0.2, 0.25) is 0 Å². The van der Waals surface area contributed by atoms with Gasteiger partial charge in [-0.25, -0.2) is 9.67 Å². The Kier molecular flexibility index (Phi) is 4.55. The van der Waals surface area contributed by atoms with Crippen LogP contribution < -0.4 is 5.32 Å². The van der Waals surface area contributed by atoms with Crippen molar-refractivity contribution >= 4 is 5.91 Å². The van der Waals surface area contributed by atoms with Crippen molar-refractivity contribution in [1.29, 1.82) is 0 Å². The van der Waals surface area contributed by atoms with Crippen LogP contribution in [-0.4, -0.2) is 26.7 Å². The highest BCUT2D eigenvalue weighted by molar-refractivity contribution is 5.77. The Balaban J connectivity index is 1.43. The summed E-state index contributed by atoms with van der Waals surface area (Å²) >= 11 is 0. The van der Waals surface area contributed by atoms with E-state index in [4.69, 9.17) is 0 Å². The van der Waals surface area contributed by atoms with Crippen LogP contribution in [-0.2, 0) is 4.79 Å². The van der Waals surface area contributed by atoms with Crippen LogP contribution in [0.4, 0.5) is 0 Å². The van der Waals surface area contributed by atoms with Crippen LogP contribution in [0, 0.1) is 25.7 Å². The van der Waals surface area contributed by atoms with E-state index in [1.54, 1.807) is 0 Å². The maximum absolute atomic E-state index is 12.7. The number of amides is 1. The predicted octanol–water partition coefficient (Wildman–Crippen LogP) is 3.54. The van der Waals surface area contributed by atoms with Gasteiger partial charge < -0.3 is 5.32 Å². The molecule has 5 nitrogen and oxygen atoms in total. The molecule has 0 saturated heterocycles. The average molecular weight is 352 g/mol. The SMILES string of the molecule is Cc1nc(C)n([C@H](C)CC(=O)N[C@@H]2[C@@H]3CCC[C@@H]3[C@@H]2c2ccccc2)n1. The summed E-state index contributed by atoms with van der Waals surface area (Å²) in [6, 6.07) is 11.0. The maximum Gasteiger partial charge on any atom is 0.222 e. The molecule has 2 aliphatic rings. The minimum atomic E-state index is 0.0193. The van der Waals surface area contributed by atoms with Crippen LogP contribution >= 0.6 is 0 Å². The van der Waals surface area contributed by atoms with Gasteiger partial charge in [0.15, 0.2) is 0 Å². The summed E-state index contributed by atoms with van der Waals surface area (Å²) in [5, 5.41) is 7.78. The Morgan fingerprint density at radius 1 is 1.23 bits per heavy atom. The molecule has 138 valence electrons. The second kappa shape index (κ2) is 6.86. The molecular weight excluding hydrogens is 324 g/mol. The number of nitrogens with zero attached hydrogens (tertiary/aromatic N) is 3. The Labute approximate surface area is 155 Å². The van der Waals surface area contributed by atoms with Gasteiger partial charge in [0.2, 0.25) is 5.91 Å². The van der Waals surface area contributed by atoms with Gasteiger partial charge in [-0.2, -0.15) is 5.10 Å². The van der Waals surface area contributed by atoms with Crippen molar-refractivity contribution in [3.05, 3.63) is 47.5 Å². The van der Waals surface area contributed by atoms with Gasteiger partial charge in [0.05, 0.1) is 6.04 Å². The lowest BCUT2D eigenvalue weighted by Crippen LogP contribution is -2.56. The number of hydrogen-bond acceptors (Lipinski definition) is 3. The number of aromatic nitrogens is 3. The molecule has 1 amide bonds. The molecule has 0 aliphatic heterocycles. The first kappa shape index (κ1) is 17.3. The first-order valence-corrected chi connectivity index (χ1v) is 9.78. The Morgan fingerprint density at radius 3 is 2.65 bits per heavy atom. The highest BCUT2D eigenvalue weighted by Crippen LogP contribution is 2.55. The first-order chi connectivity index (χ1) is 12.5. The molecule has 1 aromatic carbocycles. The molecule has 26 heavy (non-hydrogen) atoms. The van der Waals surface area contributed by atoms with Crippen molar-refractivity contribution in [2.75, 3.05) is 0 Å². The molecule has 5 atom stereocenters. The lowest BCUT2D eigenvalue weighted by Gasteiger charge is -2.50. The topological polar surface area (TPSA) is 59.8 Å². The standard InChI is InChI=1S/C21H28N4O/c1-13(25-15(3)22-14(2)24-25)12-19(26)23-21-18-11-7-10-17(18)20(21)16-8-5-4-6-9-16/h4-6,8-9,13,17-18,20-21H,7,10-12H2,1-3H3,(H,23,26)/t13-,17+,18-,20+,21-/m1/s1. The lowest BCUT2D eigenvalue weighted by molar-refractivity contribution is -0.124. The summed E-state index contributed by atoms with van der Waals surface area (Å²) in [5.41, 5.74) is 1.37. The molecular formula is C21H28N4O. The van der Waals surface area contributed by atoms with E-state index in [1.165, 1.54) is 24.8 Å². The average Bonchev–Trinajstić information content (AvgIpc) is 3.17. The van der Waals surface area contributed by atoms with Crippen LogP contribution in [0.5, 0.6) is 0 Å². The summed E-state index contributed by atoms with van der Waals surface area (Å²) in [5.74, 6) is 3.60. The molecule has 2 aromatic rings. The van der Waals surface area contributed by atoms with Crippen molar-refractivity contribution < 1.29 is 4.79 Å². The van der Waals surface area contributed by atoms with Gasteiger partial charge in [-0.3, -0.25) is 4.79 Å². The van der Waals surface area contributed by atoms with Gasteiger partial charge in [0.1, 0.15) is 11.6 Å². The quantitative estimate of drug-likeness (QED) is 0.895. The Bertz CT molecular complexity index is 785. The molecule has 0 unspecified atom stereocenters. The number of nitrogens with one attached hydrogen (secondary N) is 1. The number of fused-ring (bicyclic) bond motifs is 1. The van der Waals surface area contributed by atoms with E-state index in [0.717, 1.165) is 17.6 Å². The molecule has 0 spiro atoms. The molecule has 1 N–H and O–H groups in total. The third-order valence-electron chi connectivity index (χ3n) is 6.25. The molecule has 0 radical (unpaired) electrons. The van der Waals surface area contributed by atoms with Gasteiger partial charge in [-0.05, 0) is 51.0 Å².